The summed E-state index contributed by atoms with van der Waals surface area (Å²) in [7, 11) is 0. The first kappa shape index (κ1) is 13.7. The number of carbonyl (C=O) groups excluding carboxylic acids is 1. The Morgan fingerprint density at radius 1 is 1.05 bits per heavy atom. The number of nitrogens with two attached hydrogens (primary N) is 1. The highest BCUT2D eigenvalue weighted by molar-refractivity contribution is 6.36. The summed E-state index contributed by atoms with van der Waals surface area (Å²) >= 11 is 11.8. The number of hydrogen-bond acceptors (Lipinski definition) is 3. The van der Waals surface area contributed by atoms with Crippen molar-refractivity contribution in [3.05, 3.63) is 58.1 Å². The van der Waals surface area contributed by atoms with E-state index in [0.29, 0.717) is 27.0 Å². The molecule has 4 nitrogen and oxygen atoms in total. The van der Waals surface area contributed by atoms with Gasteiger partial charge in [-0.15, -0.1) is 0 Å². The van der Waals surface area contributed by atoms with E-state index in [1.807, 2.05) is 0 Å². The smallest absolute Gasteiger partial charge is 0.257 e. The zero-order valence-electron chi connectivity index (χ0n) is 9.78. The van der Waals surface area contributed by atoms with Gasteiger partial charge in [0.05, 0.1) is 22.0 Å². The van der Waals surface area contributed by atoms with Crippen molar-refractivity contribution < 1.29 is 4.79 Å². The number of nitrogens with one attached hydrogen (secondary N) is 2. The highest BCUT2D eigenvalue weighted by Gasteiger charge is 2.12. The average molecular weight is 296 g/mol. The minimum absolute atomic E-state index is 0.308. The first-order valence-corrected chi connectivity index (χ1v) is 6.19. The third-order valence-corrected chi connectivity index (χ3v) is 3.05. The largest absolute Gasteiger partial charge is 0.323 e. The molecule has 0 heterocycles. The maximum absolute atomic E-state index is 12.1. The molecule has 0 atom stereocenters. The van der Waals surface area contributed by atoms with E-state index >= 15 is 0 Å². The predicted octanol–water partition coefficient (Wildman–Crippen LogP) is 3.53. The second-order valence-corrected chi connectivity index (χ2v) is 4.61. The van der Waals surface area contributed by atoms with Crippen molar-refractivity contribution in [3.8, 4) is 0 Å². The molecule has 0 aliphatic heterocycles. The third kappa shape index (κ3) is 3.17. The zero-order valence-corrected chi connectivity index (χ0v) is 11.3. The Labute approximate surface area is 120 Å². The van der Waals surface area contributed by atoms with Crippen LogP contribution in [0.25, 0.3) is 0 Å². The van der Waals surface area contributed by atoms with Gasteiger partial charge in [-0.3, -0.25) is 10.6 Å². The van der Waals surface area contributed by atoms with Gasteiger partial charge in [0.15, 0.2) is 0 Å². The van der Waals surface area contributed by atoms with Gasteiger partial charge in [-0.25, -0.2) is 0 Å². The highest BCUT2D eigenvalue weighted by atomic mass is 35.5. The van der Waals surface area contributed by atoms with Gasteiger partial charge in [-0.05, 0) is 30.3 Å². The first-order valence-electron chi connectivity index (χ1n) is 5.44. The van der Waals surface area contributed by atoms with E-state index in [1.165, 1.54) is 0 Å². The maximum Gasteiger partial charge on any atom is 0.257 e. The number of rotatable bonds is 3. The zero-order chi connectivity index (χ0) is 13.8. The number of para-hydroxylation sites is 1. The number of amides is 1. The monoisotopic (exact) mass is 295 g/mol. The summed E-state index contributed by atoms with van der Waals surface area (Å²) in [6.45, 7) is 0. The molecule has 1 amide bonds. The Morgan fingerprint density at radius 3 is 2.47 bits per heavy atom. The Balaban J connectivity index is 2.26. The molecule has 0 unspecified atom stereocenters. The summed E-state index contributed by atoms with van der Waals surface area (Å²) < 4.78 is 0. The van der Waals surface area contributed by atoms with E-state index in [2.05, 4.69) is 10.7 Å². The van der Waals surface area contributed by atoms with Gasteiger partial charge < -0.3 is 10.7 Å². The first-order chi connectivity index (χ1) is 9.11. The molecule has 0 bridgehead atoms. The second-order valence-electron chi connectivity index (χ2n) is 3.77. The fourth-order valence-corrected chi connectivity index (χ4v) is 2.04. The quantitative estimate of drug-likeness (QED) is 0.599. The fourth-order valence-electron chi connectivity index (χ4n) is 1.59. The Kier molecular flexibility index (Phi) is 4.27. The Bertz CT molecular complexity index is 617. The molecule has 2 aromatic rings. The molecular formula is C13H11Cl2N3O. The normalized spacial score (nSPS) is 10.1. The molecule has 4 N–H and O–H groups in total. The van der Waals surface area contributed by atoms with Gasteiger partial charge in [0.1, 0.15) is 0 Å². The van der Waals surface area contributed by atoms with Gasteiger partial charge in [0.2, 0.25) is 0 Å². The number of anilines is 2. The van der Waals surface area contributed by atoms with Crippen LogP contribution in [-0.4, -0.2) is 5.91 Å². The summed E-state index contributed by atoms with van der Waals surface area (Å²) in [5.41, 5.74) is 3.92. The van der Waals surface area contributed by atoms with Gasteiger partial charge in [0.25, 0.3) is 5.91 Å². The lowest BCUT2D eigenvalue weighted by Crippen LogP contribution is -2.17. The minimum atomic E-state index is -0.308. The molecule has 19 heavy (non-hydrogen) atoms. The van der Waals surface area contributed by atoms with Crippen molar-refractivity contribution in [1.82, 2.24) is 0 Å². The van der Waals surface area contributed by atoms with Crippen molar-refractivity contribution in [2.24, 2.45) is 5.84 Å². The van der Waals surface area contributed by atoms with E-state index in [-0.39, 0.29) is 5.91 Å². The van der Waals surface area contributed by atoms with Crippen LogP contribution in [0.2, 0.25) is 10.0 Å². The van der Waals surface area contributed by atoms with Crippen LogP contribution >= 0.6 is 23.2 Å². The summed E-state index contributed by atoms with van der Waals surface area (Å²) in [6.07, 6.45) is 0. The van der Waals surface area contributed by atoms with E-state index in [9.17, 15) is 4.79 Å². The van der Waals surface area contributed by atoms with Crippen LogP contribution in [0.1, 0.15) is 10.4 Å². The van der Waals surface area contributed by atoms with E-state index in [4.69, 9.17) is 29.0 Å². The highest BCUT2D eigenvalue weighted by Crippen LogP contribution is 2.26. The topological polar surface area (TPSA) is 67.1 Å². The molecule has 98 valence electrons. The van der Waals surface area contributed by atoms with E-state index < -0.39 is 0 Å². The molecule has 2 aromatic carbocycles. The van der Waals surface area contributed by atoms with Gasteiger partial charge in [0, 0.05) is 5.02 Å². The number of hydrazine groups is 1. The molecular weight excluding hydrogens is 285 g/mol. The molecule has 0 aliphatic carbocycles. The number of nitrogen functional groups attached to an aromatic ring is 1. The molecule has 0 saturated carbocycles. The van der Waals surface area contributed by atoms with Crippen molar-refractivity contribution in [3.63, 3.8) is 0 Å². The molecule has 0 radical (unpaired) electrons. The van der Waals surface area contributed by atoms with Gasteiger partial charge in [-0.1, -0.05) is 35.3 Å². The lowest BCUT2D eigenvalue weighted by molar-refractivity contribution is 0.102. The molecule has 0 aliphatic rings. The fraction of sp³-hybridized carbons (Fsp3) is 0. The number of hydrogen-bond donors (Lipinski definition) is 3. The van der Waals surface area contributed by atoms with Crippen LogP contribution in [0.3, 0.4) is 0 Å². The Morgan fingerprint density at radius 2 is 1.79 bits per heavy atom. The summed E-state index contributed by atoms with van der Waals surface area (Å²) in [5, 5.41) is 3.58. The predicted molar refractivity (Wildman–Crippen MR) is 78.7 cm³/mol. The van der Waals surface area contributed by atoms with Crippen molar-refractivity contribution in [2.75, 3.05) is 10.7 Å². The van der Waals surface area contributed by atoms with Crippen LogP contribution in [0.15, 0.2) is 42.5 Å². The van der Waals surface area contributed by atoms with Crippen LogP contribution in [-0.2, 0) is 0 Å². The molecule has 6 heteroatoms. The SMILES string of the molecule is NNc1ccccc1C(=O)Nc1ccc(Cl)cc1Cl. The summed E-state index contributed by atoms with van der Waals surface area (Å²) in [4.78, 5) is 12.1. The van der Waals surface area contributed by atoms with Crippen LogP contribution in [0.5, 0.6) is 0 Å². The number of halogens is 2. The van der Waals surface area contributed by atoms with Crippen molar-refractivity contribution >= 4 is 40.5 Å². The number of benzene rings is 2. The number of carbonyl (C=O) groups is 1. The molecule has 0 aromatic heterocycles. The Hall–Kier alpha value is -1.75. The summed E-state index contributed by atoms with van der Waals surface area (Å²) in [6, 6.07) is 11.7. The van der Waals surface area contributed by atoms with Crippen molar-refractivity contribution in [2.45, 2.75) is 0 Å². The van der Waals surface area contributed by atoms with E-state index in [1.54, 1.807) is 42.5 Å². The maximum atomic E-state index is 12.1. The lowest BCUT2D eigenvalue weighted by Gasteiger charge is -2.10. The third-order valence-electron chi connectivity index (χ3n) is 2.51. The molecule has 2 rings (SSSR count). The second kappa shape index (κ2) is 5.93. The standard InChI is InChI=1S/C13H11Cl2N3O/c14-8-5-6-12(10(15)7-8)17-13(19)9-3-1-2-4-11(9)18-16/h1-7,18H,16H2,(H,17,19). The molecule has 0 spiro atoms. The van der Waals surface area contributed by atoms with Gasteiger partial charge >= 0.3 is 0 Å². The van der Waals surface area contributed by atoms with Crippen LogP contribution < -0.4 is 16.6 Å². The van der Waals surface area contributed by atoms with Crippen LogP contribution in [0.4, 0.5) is 11.4 Å². The van der Waals surface area contributed by atoms with E-state index in [0.717, 1.165) is 0 Å². The minimum Gasteiger partial charge on any atom is -0.323 e. The summed E-state index contributed by atoms with van der Waals surface area (Å²) in [5.74, 6) is 5.05. The average Bonchev–Trinajstić information content (AvgIpc) is 2.41. The lowest BCUT2D eigenvalue weighted by atomic mass is 10.1. The van der Waals surface area contributed by atoms with Crippen LogP contribution in [0, 0.1) is 0 Å². The van der Waals surface area contributed by atoms with Gasteiger partial charge in [-0.2, -0.15) is 0 Å². The van der Waals surface area contributed by atoms with Crippen molar-refractivity contribution in [1.29, 1.82) is 0 Å². The molecule has 0 fully saturated rings. The molecule has 0 saturated heterocycles.